The summed E-state index contributed by atoms with van der Waals surface area (Å²) in [5, 5.41) is 19.8. The highest BCUT2D eigenvalue weighted by Gasteiger charge is 2.20. The van der Waals surface area contributed by atoms with Crippen LogP contribution >= 0.6 is 0 Å². The first-order chi connectivity index (χ1) is 9.40. The molecule has 0 unspecified atom stereocenters. The second kappa shape index (κ2) is 6.65. The zero-order valence-corrected chi connectivity index (χ0v) is 11.3. The van der Waals surface area contributed by atoms with Gasteiger partial charge in [0, 0.05) is 30.8 Å². The van der Waals surface area contributed by atoms with Crippen molar-refractivity contribution in [2.45, 2.75) is 20.3 Å². The topological polar surface area (TPSA) is 101 Å². The molecule has 20 heavy (non-hydrogen) atoms. The second-order valence-corrected chi connectivity index (χ2v) is 4.22. The van der Waals surface area contributed by atoms with Gasteiger partial charge in [-0.1, -0.05) is 6.92 Å². The van der Waals surface area contributed by atoms with Crippen molar-refractivity contribution >= 4 is 17.6 Å². The number of non-ortho nitro benzene ring substituents is 1. The number of carbonyl (C=O) groups is 2. The predicted molar refractivity (Wildman–Crippen MR) is 71.9 cm³/mol. The van der Waals surface area contributed by atoms with Crippen LogP contribution < -0.4 is 0 Å². The minimum atomic E-state index is -1.30. The molecule has 0 heterocycles. The maximum absolute atomic E-state index is 12.2. The Balaban J connectivity index is 3.25. The van der Waals surface area contributed by atoms with Gasteiger partial charge in [0.25, 0.3) is 11.6 Å². The first-order valence-electron chi connectivity index (χ1n) is 6.22. The van der Waals surface area contributed by atoms with E-state index >= 15 is 0 Å². The van der Waals surface area contributed by atoms with Crippen molar-refractivity contribution < 1.29 is 19.6 Å². The standard InChI is InChI=1S/C13H16N2O5/c1-3-5-14(4-2)12(16)9-6-10(13(17)18)8-11(7-9)15(19)20/h6-8H,3-5H2,1-2H3,(H,17,18). The molecule has 7 heteroatoms. The zero-order chi connectivity index (χ0) is 15.3. The number of carbonyl (C=O) groups excluding carboxylic acids is 1. The summed E-state index contributed by atoms with van der Waals surface area (Å²) in [5.74, 6) is -1.71. The van der Waals surface area contributed by atoms with Gasteiger partial charge in [0.2, 0.25) is 0 Å². The Morgan fingerprint density at radius 3 is 2.30 bits per heavy atom. The highest BCUT2D eigenvalue weighted by atomic mass is 16.6. The molecule has 1 N–H and O–H groups in total. The summed E-state index contributed by atoms with van der Waals surface area (Å²) in [6.45, 7) is 4.67. The highest BCUT2D eigenvalue weighted by molar-refractivity contribution is 5.98. The Kier molecular flexibility index (Phi) is 5.19. The number of rotatable bonds is 6. The Morgan fingerprint density at radius 2 is 1.85 bits per heavy atom. The van der Waals surface area contributed by atoms with E-state index in [1.807, 2.05) is 6.92 Å². The highest BCUT2D eigenvalue weighted by Crippen LogP contribution is 2.19. The lowest BCUT2D eigenvalue weighted by Gasteiger charge is -2.20. The van der Waals surface area contributed by atoms with Gasteiger partial charge in [-0.2, -0.15) is 0 Å². The lowest BCUT2D eigenvalue weighted by Crippen LogP contribution is -2.31. The number of nitrogens with zero attached hydrogens (tertiary/aromatic N) is 2. The maximum atomic E-state index is 12.2. The van der Waals surface area contributed by atoms with E-state index in [9.17, 15) is 19.7 Å². The fraction of sp³-hybridized carbons (Fsp3) is 0.385. The van der Waals surface area contributed by atoms with E-state index in [1.54, 1.807) is 6.92 Å². The lowest BCUT2D eigenvalue weighted by atomic mass is 10.1. The molecule has 1 aromatic rings. The van der Waals surface area contributed by atoms with Crippen molar-refractivity contribution in [2.75, 3.05) is 13.1 Å². The number of hydrogen-bond donors (Lipinski definition) is 1. The third kappa shape index (κ3) is 3.53. The molecule has 0 aromatic heterocycles. The average molecular weight is 280 g/mol. The van der Waals surface area contributed by atoms with E-state index in [-0.39, 0.29) is 11.1 Å². The molecule has 0 aliphatic carbocycles. The predicted octanol–water partition coefficient (Wildman–Crippen LogP) is 2.17. The summed E-state index contributed by atoms with van der Waals surface area (Å²) in [4.78, 5) is 34.8. The van der Waals surface area contributed by atoms with Gasteiger partial charge in [0.15, 0.2) is 0 Å². The Hall–Kier alpha value is -2.44. The van der Waals surface area contributed by atoms with E-state index in [2.05, 4.69) is 0 Å². The molecule has 0 bridgehead atoms. The molecule has 1 amide bonds. The first kappa shape index (κ1) is 15.6. The van der Waals surface area contributed by atoms with Crippen LogP contribution in [0.3, 0.4) is 0 Å². The van der Waals surface area contributed by atoms with Gasteiger partial charge >= 0.3 is 5.97 Å². The number of carboxylic acids is 1. The third-order valence-electron chi connectivity index (χ3n) is 2.78. The monoisotopic (exact) mass is 280 g/mol. The van der Waals surface area contributed by atoms with Gasteiger partial charge < -0.3 is 10.0 Å². The largest absolute Gasteiger partial charge is 0.478 e. The Bertz CT molecular complexity index is 509. The van der Waals surface area contributed by atoms with Crippen LogP contribution in [0.25, 0.3) is 0 Å². The van der Waals surface area contributed by atoms with Gasteiger partial charge in [-0.05, 0) is 19.4 Å². The van der Waals surface area contributed by atoms with Crippen molar-refractivity contribution in [3.05, 3.63) is 39.4 Å². The molecule has 0 aliphatic heterocycles. The molecule has 0 atom stereocenters. The van der Waals surface area contributed by atoms with Gasteiger partial charge in [-0.15, -0.1) is 0 Å². The van der Waals surface area contributed by atoms with E-state index in [0.717, 1.165) is 24.6 Å². The molecule has 7 nitrogen and oxygen atoms in total. The molecular weight excluding hydrogens is 264 g/mol. The zero-order valence-electron chi connectivity index (χ0n) is 11.3. The quantitative estimate of drug-likeness (QED) is 0.635. The molecule has 0 saturated heterocycles. The smallest absolute Gasteiger partial charge is 0.335 e. The van der Waals surface area contributed by atoms with Crippen LogP contribution in [-0.2, 0) is 0 Å². The van der Waals surface area contributed by atoms with Crippen LogP contribution in [0.4, 0.5) is 5.69 Å². The minimum Gasteiger partial charge on any atom is -0.478 e. The number of nitro benzene ring substituents is 1. The summed E-state index contributed by atoms with van der Waals surface area (Å²) in [5.41, 5.74) is -0.650. The van der Waals surface area contributed by atoms with E-state index in [4.69, 9.17) is 5.11 Å². The first-order valence-corrected chi connectivity index (χ1v) is 6.22. The van der Waals surface area contributed by atoms with E-state index in [1.165, 1.54) is 4.90 Å². The van der Waals surface area contributed by atoms with Crippen LogP contribution in [0.15, 0.2) is 18.2 Å². The minimum absolute atomic E-state index is 0.0203. The normalized spacial score (nSPS) is 10.1. The molecule has 0 radical (unpaired) electrons. The summed E-state index contributed by atoms with van der Waals surface area (Å²) in [6.07, 6.45) is 0.750. The van der Waals surface area contributed by atoms with E-state index in [0.29, 0.717) is 13.1 Å². The van der Waals surface area contributed by atoms with Gasteiger partial charge in [-0.3, -0.25) is 14.9 Å². The van der Waals surface area contributed by atoms with Crippen LogP contribution in [0.5, 0.6) is 0 Å². The number of aromatic carboxylic acids is 1. The molecule has 0 fully saturated rings. The molecule has 0 spiro atoms. The molecular formula is C13H16N2O5. The van der Waals surface area contributed by atoms with Crippen molar-refractivity contribution in [3.8, 4) is 0 Å². The number of carboxylic acid groups (broad SMARTS) is 1. The maximum Gasteiger partial charge on any atom is 0.335 e. The van der Waals surface area contributed by atoms with Crippen LogP contribution in [0, 0.1) is 10.1 Å². The number of hydrogen-bond acceptors (Lipinski definition) is 4. The third-order valence-corrected chi connectivity index (χ3v) is 2.78. The van der Waals surface area contributed by atoms with Crippen molar-refractivity contribution in [1.29, 1.82) is 0 Å². The average Bonchev–Trinajstić information content (AvgIpc) is 2.43. The molecule has 108 valence electrons. The van der Waals surface area contributed by atoms with Crippen LogP contribution in [-0.4, -0.2) is 39.9 Å². The Morgan fingerprint density at radius 1 is 1.25 bits per heavy atom. The van der Waals surface area contributed by atoms with Gasteiger partial charge in [-0.25, -0.2) is 4.79 Å². The molecule has 1 rings (SSSR count). The number of amides is 1. The summed E-state index contributed by atoms with van der Waals surface area (Å²) in [7, 11) is 0. The van der Waals surface area contributed by atoms with Gasteiger partial charge in [0.1, 0.15) is 0 Å². The molecule has 0 saturated carbocycles. The molecule has 1 aromatic carbocycles. The summed E-state index contributed by atoms with van der Waals surface area (Å²) < 4.78 is 0. The lowest BCUT2D eigenvalue weighted by molar-refractivity contribution is -0.384. The summed E-state index contributed by atoms with van der Waals surface area (Å²) >= 11 is 0. The Labute approximate surface area is 116 Å². The fourth-order valence-corrected chi connectivity index (χ4v) is 1.82. The second-order valence-electron chi connectivity index (χ2n) is 4.22. The number of nitro groups is 1. The van der Waals surface area contributed by atoms with Crippen LogP contribution in [0.1, 0.15) is 41.0 Å². The van der Waals surface area contributed by atoms with Crippen LogP contribution in [0.2, 0.25) is 0 Å². The molecule has 0 aliphatic rings. The van der Waals surface area contributed by atoms with Crippen molar-refractivity contribution in [1.82, 2.24) is 4.90 Å². The summed E-state index contributed by atoms with van der Waals surface area (Å²) in [6, 6.07) is 3.21. The van der Waals surface area contributed by atoms with Crippen molar-refractivity contribution in [3.63, 3.8) is 0 Å². The fourth-order valence-electron chi connectivity index (χ4n) is 1.82. The van der Waals surface area contributed by atoms with Gasteiger partial charge in [0.05, 0.1) is 10.5 Å². The SMILES string of the molecule is CCCN(CC)C(=O)c1cc(C(=O)O)cc([N+](=O)[O-])c1. The van der Waals surface area contributed by atoms with Crippen molar-refractivity contribution in [2.24, 2.45) is 0 Å². The van der Waals surface area contributed by atoms with E-state index < -0.39 is 22.5 Å². The number of benzene rings is 1.